The summed E-state index contributed by atoms with van der Waals surface area (Å²) in [4.78, 5) is 11.6. The Morgan fingerprint density at radius 2 is 1.40 bits per heavy atom. The second-order valence-corrected chi connectivity index (χ2v) is 18.1. The average Bonchev–Trinajstić information content (AvgIpc) is 3.43. The fraction of sp³-hybridized carbons (Fsp3) is 0.439. The lowest BCUT2D eigenvalue weighted by Crippen LogP contribution is -2.37. The van der Waals surface area contributed by atoms with Crippen molar-refractivity contribution in [1.82, 2.24) is 0 Å². The molecule has 0 radical (unpaired) electrons. The highest BCUT2D eigenvalue weighted by molar-refractivity contribution is 7.86. The number of azo groups is 1. The third-order valence-corrected chi connectivity index (χ3v) is 12.5. The summed E-state index contributed by atoms with van der Waals surface area (Å²) in [6.07, 6.45) is 5.39. The number of rotatable bonds is 13. The van der Waals surface area contributed by atoms with E-state index in [9.17, 15) is 35.8 Å². The number of likely N-dealkylation sites (tertiary alicyclic amines) is 1. The van der Waals surface area contributed by atoms with Crippen LogP contribution >= 0.6 is 0 Å². The Morgan fingerprint density at radius 1 is 0.836 bits per heavy atom. The quantitative estimate of drug-likeness (QED) is 0.0600. The van der Waals surface area contributed by atoms with Crippen LogP contribution in [0.2, 0.25) is 0 Å². The van der Waals surface area contributed by atoms with Gasteiger partial charge in [0.05, 0.1) is 48.1 Å². The van der Waals surface area contributed by atoms with Crippen molar-refractivity contribution in [2.75, 3.05) is 27.2 Å². The number of phenols is 1. The van der Waals surface area contributed by atoms with Crippen molar-refractivity contribution in [2.45, 2.75) is 83.1 Å². The third kappa shape index (κ3) is 11.2. The zero-order valence-electron chi connectivity index (χ0n) is 32.6. The van der Waals surface area contributed by atoms with Crippen molar-refractivity contribution in [3.8, 4) is 5.75 Å². The molecule has 1 heterocycles. The molecular formula is C41H52N3O9S2-. The summed E-state index contributed by atoms with van der Waals surface area (Å²) < 4.78 is 75.8. The molecule has 4 aromatic rings. The van der Waals surface area contributed by atoms with Gasteiger partial charge in [-0.2, -0.15) is 5.11 Å². The van der Waals surface area contributed by atoms with Crippen LogP contribution < -0.4 is 0 Å². The van der Waals surface area contributed by atoms with Gasteiger partial charge in [-0.1, -0.05) is 80.9 Å². The van der Waals surface area contributed by atoms with E-state index in [1.807, 2.05) is 30.3 Å². The Balaban J connectivity index is 0.000000246. The minimum atomic E-state index is -4.87. The lowest BCUT2D eigenvalue weighted by Gasteiger charge is -2.27. The van der Waals surface area contributed by atoms with Gasteiger partial charge in [0, 0.05) is 22.6 Å². The minimum Gasteiger partial charge on any atom is -0.744 e. The van der Waals surface area contributed by atoms with Crippen LogP contribution in [0.25, 0.3) is 10.8 Å². The first kappa shape index (κ1) is 43.5. The number of ether oxygens (including phenoxy) is 1. The molecule has 1 fully saturated rings. The Hall–Kier alpha value is -4.21. The van der Waals surface area contributed by atoms with Crippen LogP contribution in [0.15, 0.2) is 92.8 Å². The van der Waals surface area contributed by atoms with Crippen LogP contribution in [0, 0.1) is 31.1 Å². The van der Waals surface area contributed by atoms with E-state index in [4.69, 9.17) is 4.74 Å². The summed E-state index contributed by atoms with van der Waals surface area (Å²) in [6.45, 7) is 12.5. The summed E-state index contributed by atoms with van der Waals surface area (Å²) in [5.41, 5.74) is 1.16. The van der Waals surface area contributed by atoms with Gasteiger partial charge in [0.25, 0.3) is 0 Å². The predicted molar refractivity (Wildman–Crippen MR) is 209 cm³/mol. The van der Waals surface area contributed by atoms with Crippen LogP contribution in [0.3, 0.4) is 0 Å². The number of aromatic hydroxyl groups is 1. The molecule has 0 spiro atoms. The minimum absolute atomic E-state index is 0.0316. The van der Waals surface area contributed by atoms with E-state index in [0.717, 1.165) is 53.3 Å². The molecule has 0 aromatic heterocycles. The summed E-state index contributed by atoms with van der Waals surface area (Å²) in [5, 5.41) is 18.2. The van der Waals surface area contributed by atoms with Gasteiger partial charge < -0.3 is 23.4 Å². The highest BCUT2D eigenvalue weighted by Crippen LogP contribution is 2.40. The molecule has 1 aliphatic rings. The van der Waals surface area contributed by atoms with E-state index >= 15 is 0 Å². The Labute approximate surface area is 325 Å². The van der Waals surface area contributed by atoms with Crippen molar-refractivity contribution in [1.29, 1.82) is 0 Å². The van der Waals surface area contributed by atoms with Gasteiger partial charge in [-0.15, -0.1) is 5.11 Å². The van der Waals surface area contributed by atoms with Gasteiger partial charge >= 0.3 is 5.97 Å². The fourth-order valence-electron chi connectivity index (χ4n) is 7.41. The van der Waals surface area contributed by atoms with E-state index < -0.39 is 35.8 Å². The molecule has 55 heavy (non-hydrogen) atoms. The van der Waals surface area contributed by atoms with Crippen molar-refractivity contribution in [3.63, 3.8) is 0 Å². The van der Waals surface area contributed by atoms with E-state index in [0.29, 0.717) is 12.2 Å². The molecule has 1 N–H and O–H groups in total. The normalized spacial score (nSPS) is 18.1. The molecule has 0 saturated carbocycles. The summed E-state index contributed by atoms with van der Waals surface area (Å²) in [7, 11) is -4.92. The van der Waals surface area contributed by atoms with Crippen molar-refractivity contribution in [3.05, 3.63) is 89.5 Å². The fourth-order valence-corrected chi connectivity index (χ4v) is 8.82. The smallest absolute Gasteiger partial charge is 0.312 e. The molecule has 1 saturated heterocycles. The van der Waals surface area contributed by atoms with Crippen molar-refractivity contribution >= 4 is 48.4 Å². The number of hydrogen-bond acceptors (Lipinski definition) is 11. The molecule has 3 unspecified atom stereocenters. The number of benzene rings is 4. The Bertz CT molecular complexity index is 2240. The van der Waals surface area contributed by atoms with Gasteiger partial charge in [-0.05, 0) is 75.3 Å². The summed E-state index contributed by atoms with van der Waals surface area (Å²) in [6, 6.07) is 19.1. The number of hydrogen-bond donors (Lipinski definition) is 1. The molecule has 3 atom stereocenters. The number of carbonyl (C=O) groups is 1. The molecule has 0 bridgehead atoms. The van der Waals surface area contributed by atoms with E-state index in [1.54, 1.807) is 13.0 Å². The maximum Gasteiger partial charge on any atom is 0.312 e. The first-order valence-electron chi connectivity index (χ1n) is 18.4. The van der Waals surface area contributed by atoms with Gasteiger partial charge in [-0.25, -0.2) is 16.8 Å². The van der Waals surface area contributed by atoms with Crippen LogP contribution in [0.4, 0.5) is 11.4 Å². The maximum atomic E-state index is 12.7. The van der Waals surface area contributed by atoms with Crippen LogP contribution in [-0.2, 0) is 36.4 Å². The first-order valence-corrected chi connectivity index (χ1v) is 21.2. The van der Waals surface area contributed by atoms with Crippen LogP contribution in [-0.4, -0.2) is 68.7 Å². The topological polar surface area (TPSA) is 186 Å². The van der Waals surface area contributed by atoms with E-state index in [-0.39, 0.29) is 39.1 Å². The van der Waals surface area contributed by atoms with Gasteiger partial charge in [-0.3, -0.25) is 4.79 Å². The molecule has 12 nitrogen and oxygen atoms in total. The molecule has 298 valence electrons. The number of quaternary nitrogens is 1. The monoisotopic (exact) mass is 794 g/mol. The molecule has 0 amide bonds. The van der Waals surface area contributed by atoms with Crippen molar-refractivity contribution < 1.29 is 45.1 Å². The molecular weight excluding hydrogens is 743 g/mol. The molecule has 5 rings (SSSR count). The Kier molecular flexibility index (Phi) is 14.0. The second kappa shape index (κ2) is 17.7. The highest BCUT2D eigenvalue weighted by Gasteiger charge is 2.39. The molecule has 4 aromatic carbocycles. The van der Waals surface area contributed by atoms with Gasteiger partial charge in [0.1, 0.15) is 32.5 Å². The molecule has 1 aliphatic heterocycles. The summed E-state index contributed by atoms with van der Waals surface area (Å²) in [5.74, 6) is 1.19. The standard InChI is InChI=1S/C23H38NO2.C18H16N2O7S2/c1-6-20-16-24(4,5)17-21(20)14-11-15-23(3,7-2)22(25)26-18-19-12-9-8-10-13-19;1-10-7-11(2)16(28(22,23)24)8-14(10)19-20-15-9-17(29(25,26)27)12-5-3-4-6-13(12)18(15)21/h8-10,12-13,20-21H,6-7,11,14-18H2,1-5H3;3-9,21H,1-2H3,(H,22,23,24)(H,25,26,27)/q+1;/p-2. The lowest BCUT2D eigenvalue weighted by molar-refractivity contribution is -0.880. The highest BCUT2D eigenvalue weighted by atomic mass is 32.2. The van der Waals surface area contributed by atoms with Crippen molar-refractivity contribution in [2.24, 2.45) is 27.5 Å². The van der Waals surface area contributed by atoms with Gasteiger partial charge in [0.15, 0.2) is 5.75 Å². The first-order chi connectivity index (χ1) is 25.7. The predicted octanol–water partition coefficient (Wildman–Crippen LogP) is 8.43. The SMILES string of the molecule is CCC1C[N+](C)(C)CC1CCCC(C)(CC)C(=O)OCc1ccccc1.Cc1cc(C)c(S(=O)(=O)[O-])cc1N=Nc1cc(S(=O)(=O)[O-])c2ccccc2c1O. The second-order valence-electron chi connectivity index (χ2n) is 15.4. The zero-order valence-corrected chi connectivity index (χ0v) is 34.2. The van der Waals surface area contributed by atoms with E-state index in [2.05, 4.69) is 45.1 Å². The van der Waals surface area contributed by atoms with Gasteiger partial charge in [0.2, 0.25) is 0 Å². The van der Waals surface area contributed by atoms with Crippen LogP contribution in [0.5, 0.6) is 5.75 Å². The average molecular weight is 795 g/mol. The number of nitrogens with zero attached hydrogens (tertiary/aromatic N) is 3. The number of phenolic OH excluding ortho intramolecular Hbond substituents is 1. The summed E-state index contributed by atoms with van der Waals surface area (Å²) >= 11 is 0. The molecule has 0 aliphatic carbocycles. The number of aryl methyl sites for hydroxylation is 2. The number of fused-ring (bicyclic) bond motifs is 1. The zero-order chi connectivity index (χ0) is 40.8. The third-order valence-electron chi connectivity index (χ3n) is 10.7. The number of carbonyl (C=O) groups excluding carboxylic acids is 1. The Morgan fingerprint density at radius 3 is 2.00 bits per heavy atom. The van der Waals surface area contributed by atoms with E-state index in [1.165, 1.54) is 57.1 Å². The van der Waals surface area contributed by atoms with Crippen LogP contribution in [0.1, 0.15) is 69.6 Å². The maximum absolute atomic E-state index is 12.7. The largest absolute Gasteiger partial charge is 0.744 e. The number of esters is 1. The molecule has 14 heteroatoms. The lowest BCUT2D eigenvalue weighted by atomic mass is 9.80.